The Balaban J connectivity index is 1.72. The Hall–Kier alpha value is -0.120. The first-order valence-corrected chi connectivity index (χ1v) is 6.90. The van der Waals surface area contributed by atoms with Crippen molar-refractivity contribution in [1.29, 1.82) is 0 Å². The second kappa shape index (κ2) is 5.99. The van der Waals surface area contributed by atoms with E-state index in [4.69, 9.17) is 0 Å². The lowest BCUT2D eigenvalue weighted by Gasteiger charge is -2.38. The second-order valence-corrected chi connectivity index (χ2v) is 5.48. The summed E-state index contributed by atoms with van der Waals surface area (Å²) in [6, 6.07) is 0.658. The molecule has 2 saturated heterocycles. The molecule has 0 radical (unpaired) electrons. The first-order valence-electron chi connectivity index (χ1n) is 6.90. The van der Waals surface area contributed by atoms with Crippen molar-refractivity contribution in [2.24, 2.45) is 0 Å². The van der Waals surface area contributed by atoms with Gasteiger partial charge >= 0.3 is 0 Å². The van der Waals surface area contributed by atoms with Crippen LogP contribution in [0.5, 0.6) is 0 Å². The van der Waals surface area contributed by atoms with Gasteiger partial charge in [0.05, 0.1) is 6.10 Å². The number of aliphatic hydroxyl groups excluding tert-OH is 1. The van der Waals surface area contributed by atoms with E-state index in [1.165, 1.54) is 38.9 Å². The highest BCUT2D eigenvalue weighted by Crippen LogP contribution is 2.15. The molecule has 0 unspecified atom stereocenters. The third-order valence-electron chi connectivity index (χ3n) is 4.09. The molecule has 1 atom stereocenters. The lowest BCUT2D eigenvalue weighted by Crippen LogP contribution is -2.47. The fourth-order valence-electron chi connectivity index (χ4n) is 2.96. The van der Waals surface area contributed by atoms with Crippen LogP contribution in [-0.4, -0.2) is 59.8 Å². The van der Waals surface area contributed by atoms with Crippen molar-refractivity contribution < 1.29 is 5.11 Å². The number of hydrogen-bond donors (Lipinski definition) is 1. The quantitative estimate of drug-likeness (QED) is 0.786. The van der Waals surface area contributed by atoms with Crippen molar-refractivity contribution in [3.63, 3.8) is 0 Å². The van der Waals surface area contributed by atoms with Gasteiger partial charge in [0, 0.05) is 25.7 Å². The molecule has 0 bridgehead atoms. The molecule has 1 N–H and O–H groups in total. The SMILES string of the molecule is C[C@@H](CN1CCCCC1)N1CCC(O)CC1. The Bertz CT molecular complexity index is 196. The first-order chi connectivity index (χ1) is 7.75. The Labute approximate surface area is 99.4 Å². The summed E-state index contributed by atoms with van der Waals surface area (Å²) in [7, 11) is 0. The molecule has 2 heterocycles. The Morgan fingerprint density at radius 3 is 2.31 bits per heavy atom. The number of likely N-dealkylation sites (tertiary alicyclic amines) is 2. The van der Waals surface area contributed by atoms with Crippen molar-refractivity contribution in [1.82, 2.24) is 9.80 Å². The predicted octanol–water partition coefficient (Wildman–Crippen LogP) is 1.32. The van der Waals surface area contributed by atoms with Gasteiger partial charge < -0.3 is 10.0 Å². The summed E-state index contributed by atoms with van der Waals surface area (Å²) in [6.07, 6.45) is 6.06. The molecule has 0 saturated carbocycles. The highest BCUT2D eigenvalue weighted by atomic mass is 16.3. The summed E-state index contributed by atoms with van der Waals surface area (Å²) in [4.78, 5) is 5.15. The third-order valence-corrected chi connectivity index (χ3v) is 4.09. The lowest BCUT2D eigenvalue weighted by molar-refractivity contribution is 0.0515. The monoisotopic (exact) mass is 226 g/mol. The first kappa shape index (κ1) is 12.3. The molecular weight excluding hydrogens is 200 g/mol. The summed E-state index contributed by atoms with van der Waals surface area (Å²) in [5, 5.41) is 9.49. The molecule has 2 aliphatic heterocycles. The predicted molar refractivity (Wildman–Crippen MR) is 66.6 cm³/mol. The second-order valence-electron chi connectivity index (χ2n) is 5.48. The Kier molecular flexibility index (Phi) is 4.62. The molecule has 0 aromatic heterocycles. The van der Waals surface area contributed by atoms with E-state index in [1.807, 2.05) is 0 Å². The summed E-state index contributed by atoms with van der Waals surface area (Å²) in [6.45, 7) is 8.30. The molecule has 0 spiro atoms. The number of nitrogens with zero attached hydrogens (tertiary/aromatic N) is 2. The molecule has 3 heteroatoms. The van der Waals surface area contributed by atoms with Gasteiger partial charge in [-0.15, -0.1) is 0 Å². The molecule has 2 rings (SSSR count). The number of piperidine rings is 2. The Morgan fingerprint density at radius 2 is 1.69 bits per heavy atom. The zero-order chi connectivity index (χ0) is 11.4. The maximum Gasteiger partial charge on any atom is 0.0564 e. The normalized spacial score (nSPS) is 28.1. The minimum Gasteiger partial charge on any atom is -0.393 e. The third kappa shape index (κ3) is 3.44. The largest absolute Gasteiger partial charge is 0.393 e. The van der Waals surface area contributed by atoms with Gasteiger partial charge in [0.2, 0.25) is 0 Å². The van der Waals surface area contributed by atoms with Gasteiger partial charge in [0.15, 0.2) is 0 Å². The minimum atomic E-state index is -0.0431. The van der Waals surface area contributed by atoms with Crippen LogP contribution in [0.3, 0.4) is 0 Å². The van der Waals surface area contributed by atoms with Crippen LogP contribution in [-0.2, 0) is 0 Å². The molecule has 0 aromatic carbocycles. The van der Waals surface area contributed by atoms with E-state index < -0.39 is 0 Å². The molecule has 3 nitrogen and oxygen atoms in total. The van der Waals surface area contributed by atoms with E-state index in [9.17, 15) is 5.11 Å². The summed E-state index contributed by atoms with van der Waals surface area (Å²) in [5.74, 6) is 0. The molecule has 16 heavy (non-hydrogen) atoms. The molecule has 94 valence electrons. The van der Waals surface area contributed by atoms with Crippen LogP contribution in [0.2, 0.25) is 0 Å². The van der Waals surface area contributed by atoms with Gasteiger partial charge in [-0.25, -0.2) is 0 Å². The topological polar surface area (TPSA) is 26.7 Å². The number of rotatable bonds is 3. The zero-order valence-corrected chi connectivity index (χ0v) is 10.6. The number of hydrogen-bond acceptors (Lipinski definition) is 3. The van der Waals surface area contributed by atoms with Gasteiger partial charge in [0.25, 0.3) is 0 Å². The summed E-state index contributed by atoms with van der Waals surface area (Å²) < 4.78 is 0. The van der Waals surface area contributed by atoms with Crippen molar-refractivity contribution >= 4 is 0 Å². The van der Waals surface area contributed by atoms with Crippen molar-refractivity contribution in [3.8, 4) is 0 Å². The van der Waals surface area contributed by atoms with Gasteiger partial charge in [-0.05, 0) is 45.7 Å². The Morgan fingerprint density at radius 1 is 1.06 bits per heavy atom. The lowest BCUT2D eigenvalue weighted by atomic mass is 10.1. The maximum absolute atomic E-state index is 9.49. The van der Waals surface area contributed by atoms with Crippen LogP contribution in [0.4, 0.5) is 0 Å². The van der Waals surface area contributed by atoms with Crippen LogP contribution >= 0.6 is 0 Å². The average molecular weight is 226 g/mol. The molecule has 0 amide bonds. The molecule has 0 aliphatic carbocycles. The summed E-state index contributed by atoms with van der Waals surface area (Å²) in [5.41, 5.74) is 0. The van der Waals surface area contributed by atoms with E-state index in [-0.39, 0.29) is 6.10 Å². The molecule has 2 fully saturated rings. The van der Waals surface area contributed by atoms with Crippen LogP contribution in [0.25, 0.3) is 0 Å². The highest BCUT2D eigenvalue weighted by Gasteiger charge is 2.23. The van der Waals surface area contributed by atoms with Crippen molar-refractivity contribution in [2.45, 2.75) is 51.2 Å². The minimum absolute atomic E-state index is 0.0431. The van der Waals surface area contributed by atoms with Crippen LogP contribution in [0, 0.1) is 0 Å². The number of aliphatic hydroxyl groups is 1. The fraction of sp³-hybridized carbons (Fsp3) is 1.00. The van der Waals surface area contributed by atoms with Crippen LogP contribution in [0.15, 0.2) is 0 Å². The molecule has 0 aromatic rings. The molecular formula is C13H26N2O. The van der Waals surface area contributed by atoms with E-state index in [2.05, 4.69) is 16.7 Å². The standard InChI is InChI=1S/C13H26N2O/c1-12(11-14-7-3-2-4-8-14)15-9-5-13(16)6-10-15/h12-13,16H,2-11H2,1H3/t12-/m0/s1. The van der Waals surface area contributed by atoms with Crippen LogP contribution in [0.1, 0.15) is 39.0 Å². The van der Waals surface area contributed by atoms with E-state index in [1.54, 1.807) is 0 Å². The van der Waals surface area contributed by atoms with E-state index in [0.717, 1.165) is 25.9 Å². The van der Waals surface area contributed by atoms with E-state index >= 15 is 0 Å². The van der Waals surface area contributed by atoms with Gasteiger partial charge in [-0.3, -0.25) is 4.90 Å². The van der Waals surface area contributed by atoms with E-state index in [0.29, 0.717) is 6.04 Å². The summed E-state index contributed by atoms with van der Waals surface area (Å²) >= 11 is 0. The van der Waals surface area contributed by atoms with Crippen LogP contribution < -0.4 is 0 Å². The van der Waals surface area contributed by atoms with Gasteiger partial charge in [0.1, 0.15) is 0 Å². The smallest absolute Gasteiger partial charge is 0.0564 e. The average Bonchev–Trinajstić information content (AvgIpc) is 2.31. The van der Waals surface area contributed by atoms with Gasteiger partial charge in [-0.1, -0.05) is 6.42 Å². The fourth-order valence-corrected chi connectivity index (χ4v) is 2.96. The maximum atomic E-state index is 9.49. The highest BCUT2D eigenvalue weighted by molar-refractivity contribution is 4.78. The zero-order valence-electron chi connectivity index (χ0n) is 10.6. The van der Waals surface area contributed by atoms with Crippen molar-refractivity contribution in [2.75, 3.05) is 32.7 Å². The van der Waals surface area contributed by atoms with Gasteiger partial charge in [-0.2, -0.15) is 0 Å². The van der Waals surface area contributed by atoms with Crippen molar-refractivity contribution in [3.05, 3.63) is 0 Å². The molecule has 2 aliphatic rings.